The van der Waals surface area contributed by atoms with Crippen LogP contribution in [-0.2, 0) is 4.74 Å². The highest BCUT2D eigenvalue weighted by Gasteiger charge is 1.82. The third kappa shape index (κ3) is 4.15. The summed E-state index contributed by atoms with van der Waals surface area (Å²) in [6, 6.07) is 10.0. The lowest BCUT2D eigenvalue weighted by Gasteiger charge is -1.93. The van der Waals surface area contributed by atoms with Gasteiger partial charge in [0.05, 0.1) is 6.61 Å². The van der Waals surface area contributed by atoms with Gasteiger partial charge in [-0.15, -0.1) is 6.40 Å². The van der Waals surface area contributed by atoms with Crippen LogP contribution >= 0.6 is 0 Å². The molecule has 0 saturated heterocycles. The fourth-order valence-electron chi connectivity index (χ4n) is 0.926. The van der Waals surface area contributed by atoms with Crippen LogP contribution in [0.5, 0.6) is 0 Å². The molecule has 0 aliphatic carbocycles. The van der Waals surface area contributed by atoms with E-state index in [2.05, 4.69) is 5.92 Å². The van der Waals surface area contributed by atoms with Crippen molar-refractivity contribution in [1.29, 1.82) is 0 Å². The average Bonchev–Trinajstić information content (AvgIpc) is 2.25. The molecule has 0 fully saturated rings. The van der Waals surface area contributed by atoms with Gasteiger partial charge in [0.25, 0.3) is 0 Å². The van der Waals surface area contributed by atoms with Crippen LogP contribution in [0.3, 0.4) is 0 Å². The fourth-order valence-corrected chi connectivity index (χ4v) is 0.926. The monoisotopic (exact) mass is 173 g/mol. The first-order valence-corrected chi connectivity index (χ1v) is 4.12. The topological polar surface area (TPSA) is 9.23 Å². The van der Waals surface area contributed by atoms with E-state index in [1.165, 1.54) is 0 Å². The van der Waals surface area contributed by atoms with Crippen LogP contribution in [-0.4, -0.2) is 13.2 Å². The van der Waals surface area contributed by atoms with Gasteiger partial charge >= 0.3 is 0 Å². The summed E-state index contributed by atoms with van der Waals surface area (Å²) in [5, 5.41) is 0. The zero-order valence-electron chi connectivity index (χ0n) is 8.36. The van der Waals surface area contributed by atoms with E-state index in [9.17, 15) is 0 Å². The molecule has 1 rings (SSSR count). The van der Waals surface area contributed by atoms with Crippen molar-refractivity contribution in [3.05, 3.63) is 42.0 Å². The lowest BCUT2D eigenvalue weighted by atomic mass is 10.2. The Hall–Kier alpha value is -1.52. The van der Waals surface area contributed by atoms with Gasteiger partial charge in [-0.2, -0.15) is 0 Å². The SMILES string of the molecule is [2H]C#CCOC/C=C/c1ccccc1. The summed E-state index contributed by atoms with van der Waals surface area (Å²) in [4.78, 5) is 0. The first-order valence-electron chi connectivity index (χ1n) is 4.62. The third-order valence-electron chi connectivity index (χ3n) is 1.50. The smallest absolute Gasteiger partial charge is 0.124 e. The Balaban J connectivity index is 2.23. The van der Waals surface area contributed by atoms with Crippen LogP contribution in [0.25, 0.3) is 6.08 Å². The van der Waals surface area contributed by atoms with E-state index in [-0.39, 0.29) is 0 Å². The van der Waals surface area contributed by atoms with E-state index in [1.807, 2.05) is 48.9 Å². The molecule has 0 N–H and O–H groups in total. The highest BCUT2D eigenvalue weighted by atomic mass is 16.5. The van der Waals surface area contributed by atoms with Crippen LogP contribution in [0.15, 0.2) is 36.4 Å². The van der Waals surface area contributed by atoms with Crippen molar-refractivity contribution in [2.45, 2.75) is 0 Å². The van der Waals surface area contributed by atoms with Gasteiger partial charge in [0, 0.05) is 0 Å². The molecular formula is C12H12O. The van der Waals surface area contributed by atoms with Crippen LogP contribution < -0.4 is 0 Å². The molecule has 1 heteroatoms. The highest BCUT2D eigenvalue weighted by Crippen LogP contribution is 2.00. The Morgan fingerprint density at radius 1 is 1.46 bits per heavy atom. The molecule has 1 aromatic rings. The van der Waals surface area contributed by atoms with Crippen LogP contribution in [0, 0.1) is 12.3 Å². The lowest BCUT2D eigenvalue weighted by Crippen LogP contribution is -1.89. The van der Waals surface area contributed by atoms with E-state index >= 15 is 0 Å². The normalized spacial score (nSPS) is 10.6. The molecule has 0 radical (unpaired) electrons. The van der Waals surface area contributed by atoms with Gasteiger partial charge in [-0.25, -0.2) is 0 Å². The Morgan fingerprint density at radius 3 is 3.08 bits per heavy atom. The predicted molar refractivity (Wildman–Crippen MR) is 55.1 cm³/mol. The summed E-state index contributed by atoms with van der Waals surface area (Å²) in [5.41, 5.74) is 1.16. The quantitative estimate of drug-likeness (QED) is 0.501. The summed E-state index contributed by atoms with van der Waals surface area (Å²) >= 11 is 0. The van der Waals surface area contributed by atoms with Gasteiger partial charge in [-0.1, -0.05) is 48.4 Å². The van der Waals surface area contributed by atoms with Crippen LogP contribution in [0.4, 0.5) is 0 Å². The second kappa shape index (κ2) is 6.05. The summed E-state index contributed by atoms with van der Waals surface area (Å²) in [7, 11) is 0. The van der Waals surface area contributed by atoms with Crippen molar-refractivity contribution in [2.24, 2.45) is 0 Å². The molecule has 0 unspecified atom stereocenters. The number of hydrogen-bond donors (Lipinski definition) is 0. The molecule has 0 aromatic heterocycles. The number of ether oxygens (including phenoxy) is 1. The fraction of sp³-hybridized carbons (Fsp3) is 0.167. The lowest BCUT2D eigenvalue weighted by molar-refractivity contribution is 0.200. The van der Waals surface area contributed by atoms with E-state index in [0.29, 0.717) is 13.2 Å². The molecule has 13 heavy (non-hydrogen) atoms. The van der Waals surface area contributed by atoms with Gasteiger partial charge in [0.2, 0.25) is 0 Å². The standard InChI is InChI=1S/C12H12O/c1-2-10-13-11-6-9-12-7-4-3-5-8-12/h1,3-9H,10-11H2/b9-6+/i1D. The molecule has 1 aromatic carbocycles. The van der Waals surface area contributed by atoms with Crippen molar-refractivity contribution in [3.8, 4) is 12.3 Å². The molecule has 0 aliphatic heterocycles. The molecule has 0 amide bonds. The molecular weight excluding hydrogens is 160 g/mol. The molecule has 0 aliphatic rings. The molecule has 0 saturated carbocycles. The van der Waals surface area contributed by atoms with Crippen molar-refractivity contribution in [2.75, 3.05) is 13.2 Å². The second-order valence-corrected chi connectivity index (χ2v) is 2.50. The Labute approximate surface area is 80.4 Å². The molecule has 0 heterocycles. The first-order chi connectivity index (χ1) is 6.93. The summed E-state index contributed by atoms with van der Waals surface area (Å²) in [6.45, 7) is 0.853. The summed E-state index contributed by atoms with van der Waals surface area (Å²) in [6.07, 6.45) is 5.95. The molecule has 0 atom stereocenters. The molecule has 0 bridgehead atoms. The van der Waals surface area contributed by atoms with Crippen LogP contribution in [0.1, 0.15) is 6.93 Å². The minimum absolute atomic E-state index is 0.322. The number of terminal acetylenes is 1. The van der Waals surface area contributed by atoms with E-state index in [4.69, 9.17) is 6.11 Å². The van der Waals surface area contributed by atoms with Gasteiger partial charge in [0.1, 0.15) is 7.98 Å². The highest BCUT2D eigenvalue weighted by molar-refractivity contribution is 5.48. The summed E-state index contributed by atoms with van der Waals surface area (Å²) in [5.74, 6) is 2.51. The molecule has 66 valence electrons. The van der Waals surface area contributed by atoms with Crippen molar-refractivity contribution in [1.82, 2.24) is 0 Å². The Bertz CT molecular complexity index is 332. The number of rotatable bonds is 4. The third-order valence-corrected chi connectivity index (χ3v) is 1.50. The second-order valence-electron chi connectivity index (χ2n) is 2.50. The predicted octanol–water partition coefficient (Wildman–Crippen LogP) is 2.35. The molecule has 1 nitrogen and oxygen atoms in total. The Morgan fingerprint density at radius 2 is 2.31 bits per heavy atom. The van der Waals surface area contributed by atoms with E-state index < -0.39 is 0 Å². The van der Waals surface area contributed by atoms with E-state index in [1.54, 1.807) is 0 Å². The maximum Gasteiger partial charge on any atom is 0.124 e. The maximum absolute atomic E-state index is 6.56. The molecule has 0 spiro atoms. The van der Waals surface area contributed by atoms with Gasteiger partial charge in [0.15, 0.2) is 0 Å². The van der Waals surface area contributed by atoms with Crippen molar-refractivity contribution >= 4 is 6.08 Å². The van der Waals surface area contributed by atoms with Crippen molar-refractivity contribution in [3.63, 3.8) is 0 Å². The Kier molecular flexibility index (Phi) is 3.77. The van der Waals surface area contributed by atoms with Gasteiger partial charge in [-0.05, 0) is 5.56 Å². The summed E-state index contributed by atoms with van der Waals surface area (Å²) < 4.78 is 11.7. The first kappa shape index (κ1) is 8.10. The largest absolute Gasteiger partial charge is 0.365 e. The van der Waals surface area contributed by atoms with Gasteiger partial charge in [-0.3, -0.25) is 0 Å². The minimum Gasteiger partial charge on any atom is -0.365 e. The van der Waals surface area contributed by atoms with Gasteiger partial charge < -0.3 is 4.74 Å². The van der Waals surface area contributed by atoms with Crippen molar-refractivity contribution < 1.29 is 6.11 Å². The zero-order valence-corrected chi connectivity index (χ0v) is 7.36. The minimum atomic E-state index is 0.322. The zero-order chi connectivity index (χ0) is 10.1. The average molecular weight is 173 g/mol. The number of hydrogen-bond acceptors (Lipinski definition) is 1. The van der Waals surface area contributed by atoms with E-state index in [0.717, 1.165) is 5.56 Å². The maximum atomic E-state index is 6.56. The van der Waals surface area contributed by atoms with Crippen LogP contribution in [0.2, 0.25) is 0 Å². The number of benzene rings is 1.